The number of halogens is 1. The molecule has 106 valence electrons. The molecular weight excluding hydrogens is 255 g/mol. The standard InChI is InChI=1S/C15H19FN4/c1-3-8-18-14-9-17-10-15(19-14)20(2)11-12-4-6-13(16)7-5-12/h4-7,9-10H,3,8,11H2,1-2H3,(H,18,19). The Morgan fingerprint density at radius 3 is 2.65 bits per heavy atom. The van der Waals surface area contributed by atoms with E-state index in [0.29, 0.717) is 6.54 Å². The van der Waals surface area contributed by atoms with Gasteiger partial charge >= 0.3 is 0 Å². The second-order valence-corrected chi connectivity index (χ2v) is 4.67. The molecule has 1 N–H and O–H groups in total. The van der Waals surface area contributed by atoms with E-state index in [2.05, 4.69) is 22.2 Å². The minimum absolute atomic E-state index is 0.220. The molecule has 2 rings (SSSR count). The third kappa shape index (κ3) is 3.91. The van der Waals surface area contributed by atoms with E-state index in [1.54, 1.807) is 24.5 Å². The molecule has 5 heteroatoms. The average Bonchev–Trinajstić information content (AvgIpc) is 2.48. The van der Waals surface area contributed by atoms with Gasteiger partial charge in [0, 0.05) is 20.1 Å². The first-order valence-electron chi connectivity index (χ1n) is 6.70. The molecule has 0 aliphatic carbocycles. The number of anilines is 2. The van der Waals surface area contributed by atoms with Crippen LogP contribution < -0.4 is 10.2 Å². The molecule has 1 aromatic heterocycles. The summed E-state index contributed by atoms with van der Waals surface area (Å²) in [6.07, 6.45) is 4.48. The molecule has 0 amide bonds. The number of hydrogen-bond acceptors (Lipinski definition) is 4. The summed E-state index contributed by atoms with van der Waals surface area (Å²) in [5.74, 6) is 1.34. The molecule has 2 aromatic rings. The normalized spacial score (nSPS) is 10.3. The fourth-order valence-electron chi connectivity index (χ4n) is 1.82. The van der Waals surface area contributed by atoms with Crippen LogP contribution in [-0.2, 0) is 6.54 Å². The molecule has 1 heterocycles. The van der Waals surface area contributed by atoms with E-state index in [9.17, 15) is 4.39 Å². The topological polar surface area (TPSA) is 41.1 Å². The van der Waals surface area contributed by atoms with Gasteiger partial charge in [-0.2, -0.15) is 0 Å². The Kier molecular flexibility index (Phi) is 4.87. The van der Waals surface area contributed by atoms with Crippen molar-refractivity contribution in [2.24, 2.45) is 0 Å². The summed E-state index contributed by atoms with van der Waals surface area (Å²) in [6, 6.07) is 6.49. The van der Waals surface area contributed by atoms with Crippen molar-refractivity contribution in [3.63, 3.8) is 0 Å². The van der Waals surface area contributed by atoms with E-state index in [1.807, 2.05) is 11.9 Å². The second-order valence-electron chi connectivity index (χ2n) is 4.67. The first-order valence-corrected chi connectivity index (χ1v) is 6.70. The Hall–Kier alpha value is -2.17. The van der Waals surface area contributed by atoms with Gasteiger partial charge in [-0.1, -0.05) is 19.1 Å². The lowest BCUT2D eigenvalue weighted by molar-refractivity contribution is 0.627. The Morgan fingerprint density at radius 1 is 1.20 bits per heavy atom. The molecule has 0 saturated heterocycles. The van der Waals surface area contributed by atoms with Gasteiger partial charge in [0.1, 0.15) is 17.5 Å². The highest BCUT2D eigenvalue weighted by atomic mass is 19.1. The van der Waals surface area contributed by atoms with Gasteiger partial charge in [-0.3, -0.25) is 4.98 Å². The van der Waals surface area contributed by atoms with E-state index >= 15 is 0 Å². The predicted octanol–water partition coefficient (Wildman–Crippen LogP) is 3.07. The molecule has 1 aromatic carbocycles. The van der Waals surface area contributed by atoms with Crippen molar-refractivity contribution in [3.05, 3.63) is 48.0 Å². The molecule has 0 fully saturated rings. The van der Waals surface area contributed by atoms with Crippen LogP contribution in [0.3, 0.4) is 0 Å². The molecule has 20 heavy (non-hydrogen) atoms. The van der Waals surface area contributed by atoms with E-state index in [-0.39, 0.29) is 5.82 Å². The van der Waals surface area contributed by atoms with Gasteiger partial charge in [-0.25, -0.2) is 9.37 Å². The average molecular weight is 274 g/mol. The van der Waals surface area contributed by atoms with Gasteiger partial charge in [0.05, 0.1) is 12.4 Å². The summed E-state index contributed by atoms with van der Waals surface area (Å²) in [6.45, 7) is 3.64. The predicted molar refractivity (Wildman–Crippen MR) is 79.3 cm³/mol. The van der Waals surface area contributed by atoms with Crippen LogP contribution in [0.15, 0.2) is 36.7 Å². The molecule has 0 aliphatic heterocycles. The monoisotopic (exact) mass is 274 g/mol. The van der Waals surface area contributed by atoms with Gasteiger partial charge in [-0.15, -0.1) is 0 Å². The van der Waals surface area contributed by atoms with Gasteiger partial charge in [0.15, 0.2) is 0 Å². The Labute approximate surface area is 118 Å². The zero-order valence-electron chi connectivity index (χ0n) is 11.8. The van der Waals surface area contributed by atoms with Crippen molar-refractivity contribution in [1.29, 1.82) is 0 Å². The van der Waals surface area contributed by atoms with Crippen molar-refractivity contribution in [3.8, 4) is 0 Å². The molecule has 0 atom stereocenters. The highest BCUT2D eigenvalue weighted by Gasteiger charge is 2.05. The second kappa shape index (κ2) is 6.84. The summed E-state index contributed by atoms with van der Waals surface area (Å²) < 4.78 is 12.9. The van der Waals surface area contributed by atoms with Crippen LogP contribution in [0.4, 0.5) is 16.0 Å². The Bertz CT molecular complexity index is 542. The molecule has 0 spiro atoms. The van der Waals surface area contributed by atoms with Crippen LogP contribution in [0.2, 0.25) is 0 Å². The largest absolute Gasteiger partial charge is 0.369 e. The molecule has 0 bridgehead atoms. The lowest BCUT2D eigenvalue weighted by atomic mass is 10.2. The Balaban J connectivity index is 2.04. The van der Waals surface area contributed by atoms with Crippen LogP contribution in [0.1, 0.15) is 18.9 Å². The number of aromatic nitrogens is 2. The van der Waals surface area contributed by atoms with Gasteiger partial charge in [0.25, 0.3) is 0 Å². The zero-order valence-corrected chi connectivity index (χ0v) is 11.8. The third-order valence-corrected chi connectivity index (χ3v) is 2.90. The summed E-state index contributed by atoms with van der Waals surface area (Å²) in [4.78, 5) is 10.7. The van der Waals surface area contributed by atoms with Crippen LogP contribution >= 0.6 is 0 Å². The van der Waals surface area contributed by atoms with E-state index < -0.39 is 0 Å². The lowest BCUT2D eigenvalue weighted by Gasteiger charge is -2.18. The number of nitrogens with one attached hydrogen (secondary N) is 1. The van der Waals surface area contributed by atoms with E-state index in [0.717, 1.165) is 30.2 Å². The summed E-state index contributed by atoms with van der Waals surface area (Å²) >= 11 is 0. The highest BCUT2D eigenvalue weighted by molar-refractivity contribution is 5.43. The summed E-state index contributed by atoms with van der Waals surface area (Å²) in [5, 5.41) is 3.21. The number of benzene rings is 1. The fraction of sp³-hybridized carbons (Fsp3) is 0.333. The molecular formula is C15H19FN4. The van der Waals surface area contributed by atoms with E-state index in [1.165, 1.54) is 12.1 Å². The van der Waals surface area contributed by atoms with Crippen LogP contribution in [0, 0.1) is 5.82 Å². The van der Waals surface area contributed by atoms with Crippen molar-refractivity contribution in [2.75, 3.05) is 23.8 Å². The van der Waals surface area contributed by atoms with Crippen molar-refractivity contribution < 1.29 is 4.39 Å². The van der Waals surface area contributed by atoms with Gasteiger partial charge in [-0.05, 0) is 24.1 Å². The van der Waals surface area contributed by atoms with Gasteiger partial charge in [0.2, 0.25) is 0 Å². The summed E-state index contributed by atoms with van der Waals surface area (Å²) in [5.41, 5.74) is 1.03. The minimum Gasteiger partial charge on any atom is -0.369 e. The molecule has 0 saturated carbocycles. The number of hydrogen-bond donors (Lipinski definition) is 1. The molecule has 4 nitrogen and oxygen atoms in total. The van der Waals surface area contributed by atoms with Crippen molar-refractivity contribution in [1.82, 2.24) is 9.97 Å². The van der Waals surface area contributed by atoms with Crippen molar-refractivity contribution in [2.45, 2.75) is 19.9 Å². The maximum absolute atomic E-state index is 12.9. The smallest absolute Gasteiger partial charge is 0.149 e. The summed E-state index contributed by atoms with van der Waals surface area (Å²) in [7, 11) is 1.94. The first kappa shape index (κ1) is 14.2. The maximum Gasteiger partial charge on any atom is 0.149 e. The molecule has 0 unspecified atom stereocenters. The van der Waals surface area contributed by atoms with Crippen LogP contribution in [0.5, 0.6) is 0 Å². The quantitative estimate of drug-likeness (QED) is 0.879. The number of nitrogens with zero attached hydrogens (tertiary/aromatic N) is 3. The molecule has 0 aliphatic rings. The lowest BCUT2D eigenvalue weighted by Crippen LogP contribution is -2.18. The van der Waals surface area contributed by atoms with Crippen LogP contribution in [0.25, 0.3) is 0 Å². The SMILES string of the molecule is CCCNc1cncc(N(C)Cc2ccc(F)cc2)n1. The van der Waals surface area contributed by atoms with Crippen molar-refractivity contribution >= 4 is 11.6 Å². The van der Waals surface area contributed by atoms with Crippen LogP contribution in [-0.4, -0.2) is 23.6 Å². The fourth-order valence-corrected chi connectivity index (χ4v) is 1.82. The highest BCUT2D eigenvalue weighted by Crippen LogP contribution is 2.14. The molecule has 0 radical (unpaired) electrons. The Morgan fingerprint density at radius 2 is 1.95 bits per heavy atom. The van der Waals surface area contributed by atoms with Gasteiger partial charge < -0.3 is 10.2 Å². The maximum atomic E-state index is 12.9. The van der Waals surface area contributed by atoms with E-state index in [4.69, 9.17) is 0 Å². The third-order valence-electron chi connectivity index (χ3n) is 2.90. The number of rotatable bonds is 6. The minimum atomic E-state index is -0.220. The zero-order chi connectivity index (χ0) is 14.4. The first-order chi connectivity index (χ1) is 9.69.